The fraction of sp³-hybridized carbons (Fsp3) is 0.409. The summed E-state index contributed by atoms with van der Waals surface area (Å²) in [6.07, 6.45) is 4.73. The Morgan fingerprint density at radius 3 is 2.64 bits per heavy atom. The second kappa shape index (κ2) is 9.41. The predicted molar refractivity (Wildman–Crippen MR) is 107 cm³/mol. The van der Waals surface area contributed by atoms with Crippen molar-refractivity contribution in [2.75, 3.05) is 5.75 Å². The molecule has 1 aliphatic rings. The third kappa shape index (κ3) is 5.04. The van der Waals surface area contributed by atoms with Crippen LogP contribution in [0.2, 0.25) is 0 Å². The van der Waals surface area contributed by atoms with Crippen molar-refractivity contribution in [1.29, 1.82) is 0 Å². The zero-order valence-corrected chi connectivity index (χ0v) is 16.7. The third-order valence-electron chi connectivity index (χ3n) is 4.91. The number of halogens is 2. The SMILES string of the molecule is Cc1ccc(OC2CCCC2)c(-c2ccc(SCCCC(=O)O)c(F)c2)c1F. The number of thioether (sulfide) groups is 1. The number of carboxylic acids is 1. The summed E-state index contributed by atoms with van der Waals surface area (Å²) in [6, 6.07) is 8.10. The molecule has 0 aromatic heterocycles. The average molecular weight is 406 g/mol. The van der Waals surface area contributed by atoms with Gasteiger partial charge in [-0.05, 0) is 74.1 Å². The van der Waals surface area contributed by atoms with E-state index in [9.17, 15) is 13.6 Å². The second-order valence-corrected chi connectivity index (χ2v) is 8.22. The lowest BCUT2D eigenvalue weighted by atomic mass is 10.0. The van der Waals surface area contributed by atoms with Crippen LogP contribution in [-0.4, -0.2) is 22.9 Å². The number of carboxylic acid groups (broad SMARTS) is 1. The van der Waals surface area contributed by atoms with E-state index in [1.165, 1.54) is 17.8 Å². The summed E-state index contributed by atoms with van der Waals surface area (Å²) in [5, 5.41) is 8.67. The molecule has 1 aliphatic carbocycles. The largest absolute Gasteiger partial charge is 0.490 e. The summed E-state index contributed by atoms with van der Waals surface area (Å²) in [7, 11) is 0. The van der Waals surface area contributed by atoms with Gasteiger partial charge in [-0.1, -0.05) is 12.1 Å². The zero-order chi connectivity index (χ0) is 20.1. The molecule has 0 atom stereocenters. The second-order valence-electron chi connectivity index (χ2n) is 7.08. The van der Waals surface area contributed by atoms with Crippen molar-refractivity contribution in [3.63, 3.8) is 0 Å². The van der Waals surface area contributed by atoms with Gasteiger partial charge in [0.25, 0.3) is 0 Å². The van der Waals surface area contributed by atoms with E-state index in [1.54, 1.807) is 31.2 Å². The van der Waals surface area contributed by atoms with Gasteiger partial charge in [-0.25, -0.2) is 8.78 Å². The molecule has 3 rings (SSSR count). The Morgan fingerprint density at radius 2 is 1.96 bits per heavy atom. The average Bonchev–Trinajstić information content (AvgIpc) is 3.16. The first-order valence-corrected chi connectivity index (χ1v) is 10.5. The molecule has 1 fully saturated rings. The standard InChI is InChI=1S/C22H24F2O3S/c1-14-8-10-18(27-16-5-2-3-6-16)21(22(14)24)15-9-11-19(17(23)13-15)28-12-4-7-20(25)26/h8-11,13,16H,2-7,12H2,1H3,(H,25,26). The molecule has 0 saturated heterocycles. The number of hydrogen-bond acceptors (Lipinski definition) is 3. The van der Waals surface area contributed by atoms with Crippen molar-refractivity contribution in [3.8, 4) is 16.9 Å². The van der Waals surface area contributed by atoms with Crippen molar-refractivity contribution in [3.05, 3.63) is 47.5 Å². The van der Waals surface area contributed by atoms with Crippen LogP contribution in [0.5, 0.6) is 5.75 Å². The van der Waals surface area contributed by atoms with E-state index >= 15 is 0 Å². The lowest BCUT2D eigenvalue weighted by molar-refractivity contribution is -0.137. The van der Waals surface area contributed by atoms with Crippen LogP contribution in [0.3, 0.4) is 0 Å². The van der Waals surface area contributed by atoms with Gasteiger partial charge in [0.05, 0.1) is 11.7 Å². The van der Waals surface area contributed by atoms with Gasteiger partial charge in [-0.15, -0.1) is 11.8 Å². The number of hydrogen-bond donors (Lipinski definition) is 1. The number of aryl methyl sites for hydroxylation is 1. The van der Waals surface area contributed by atoms with Gasteiger partial charge in [-0.3, -0.25) is 4.79 Å². The first-order valence-electron chi connectivity index (χ1n) is 9.56. The molecule has 0 radical (unpaired) electrons. The third-order valence-corrected chi connectivity index (χ3v) is 6.04. The first kappa shape index (κ1) is 20.6. The number of aliphatic carboxylic acids is 1. The fourth-order valence-electron chi connectivity index (χ4n) is 3.39. The van der Waals surface area contributed by atoms with Gasteiger partial charge in [0.2, 0.25) is 0 Å². The Bertz CT molecular complexity index is 848. The highest BCUT2D eigenvalue weighted by atomic mass is 32.2. The summed E-state index contributed by atoms with van der Waals surface area (Å²) in [5.41, 5.74) is 1.23. The topological polar surface area (TPSA) is 46.5 Å². The molecule has 3 nitrogen and oxygen atoms in total. The van der Waals surface area contributed by atoms with Crippen LogP contribution in [0, 0.1) is 18.6 Å². The molecule has 28 heavy (non-hydrogen) atoms. The summed E-state index contributed by atoms with van der Waals surface area (Å²) < 4.78 is 35.6. The van der Waals surface area contributed by atoms with E-state index in [0.717, 1.165) is 25.7 Å². The number of rotatable bonds is 8. The summed E-state index contributed by atoms with van der Waals surface area (Å²) >= 11 is 1.27. The molecule has 0 aliphatic heterocycles. The Morgan fingerprint density at radius 1 is 1.21 bits per heavy atom. The quantitative estimate of drug-likeness (QED) is 0.418. The van der Waals surface area contributed by atoms with Crippen LogP contribution in [-0.2, 0) is 4.79 Å². The van der Waals surface area contributed by atoms with Gasteiger partial charge in [0.1, 0.15) is 17.4 Å². The molecule has 0 spiro atoms. The smallest absolute Gasteiger partial charge is 0.303 e. The van der Waals surface area contributed by atoms with Gasteiger partial charge in [0, 0.05) is 11.3 Å². The number of benzene rings is 2. The van der Waals surface area contributed by atoms with Crippen LogP contribution >= 0.6 is 11.8 Å². The molecule has 2 aromatic carbocycles. The van der Waals surface area contributed by atoms with Gasteiger partial charge in [0.15, 0.2) is 0 Å². The Kier molecular flexibility index (Phi) is 6.94. The van der Waals surface area contributed by atoms with Crippen LogP contribution in [0.15, 0.2) is 35.2 Å². The molecule has 0 bridgehead atoms. The van der Waals surface area contributed by atoms with Crippen molar-refractivity contribution in [2.24, 2.45) is 0 Å². The maximum atomic E-state index is 14.9. The van der Waals surface area contributed by atoms with E-state index in [-0.39, 0.29) is 12.5 Å². The highest BCUT2D eigenvalue weighted by Crippen LogP contribution is 2.38. The molecule has 0 unspecified atom stereocenters. The molecule has 0 heterocycles. The number of ether oxygens (including phenoxy) is 1. The molecular formula is C22H24F2O3S. The summed E-state index contributed by atoms with van der Waals surface area (Å²) in [6.45, 7) is 1.68. The molecule has 0 amide bonds. The molecule has 2 aromatic rings. The summed E-state index contributed by atoms with van der Waals surface area (Å²) in [4.78, 5) is 11.0. The van der Waals surface area contributed by atoms with E-state index in [4.69, 9.17) is 9.84 Å². The lowest BCUT2D eigenvalue weighted by Crippen LogP contribution is -2.12. The highest BCUT2D eigenvalue weighted by Gasteiger charge is 2.21. The van der Waals surface area contributed by atoms with Crippen molar-refractivity contribution in [2.45, 2.75) is 56.4 Å². The van der Waals surface area contributed by atoms with Gasteiger partial charge < -0.3 is 9.84 Å². The van der Waals surface area contributed by atoms with Crippen LogP contribution in [0.1, 0.15) is 44.1 Å². The van der Waals surface area contributed by atoms with Crippen LogP contribution in [0.4, 0.5) is 8.78 Å². The van der Waals surface area contributed by atoms with Crippen LogP contribution in [0.25, 0.3) is 11.1 Å². The lowest BCUT2D eigenvalue weighted by Gasteiger charge is -2.18. The zero-order valence-electron chi connectivity index (χ0n) is 15.8. The maximum absolute atomic E-state index is 14.9. The van der Waals surface area contributed by atoms with E-state index < -0.39 is 17.6 Å². The normalized spacial score (nSPS) is 14.4. The van der Waals surface area contributed by atoms with Gasteiger partial charge in [-0.2, -0.15) is 0 Å². The fourth-order valence-corrected chi connectivity index (χ4v) is 4.26. The van der Waals surface area contributed by atoms with E-state index in [2.05, 4.69) is 0 Å². The molecular weight excluding hydrogens is 382 g/mol. The molecule has 1 saturated carbocycles. The first-order chi connectivity index (χ1) is 13.5. The van der Waals surface area contributed by atoms with E-state index in [1.807, 2.05) is 0 Å². The van der Waals surface area contributed by atoms with E-state index in [0.29, 0.717) is 39.5 Å². The van der Waals surface area contributed by atoms with Crippen LogP contribution < -0.4 is 4.74 Å². The predicted octanol–water partition coefficient (Wildman–Crippen LogP) is 6.22. The molecule has 6 heteroatoms. The molecule has 1 N–H and O–H groups in total. The highest BCUT2D eigenvalue weighted by molar-refractivity contribution is 7.99. The minimum absolute atomic E-state index is 0.0586. The minimum Gasteiger partial charge on any atom is -0.490 e. The number of carbonyl (C=O) groups is 1. The molecule has 150 valence electrons. The van der Waals surface area contributed by atoms with Crippen molar-refractivity contribution >= 4 is 17.7 Å². The maximum Gasteiger partial charge on any atom is 0.303 e. The monoisotopic (exact) mass is 406 g/mol. The van der Waals surface area contributed by atoms with Crippen molar-refractivity contribution < 1.29 is 23.4 Å². The minimum atomic E-state index is -0.860. The summed E-state index contributed by atoms with van der Waals surface area (Å²) in [5.74, 6) is -0.725. The Labute approximate surface area is 168 Å². The van der Waals surface area contributed by atoms with Crippen molar-refractivity contribution in [1.82, 2.24) is 0 Å². The Balaban J connectivity index is 1.82. The Hall–Kier alpha value is -2.08. The van der Waals surface area contributed by atoms with Gasteiger partial charge >= 0.3 is 5.97 Å².